The molecule has 8 nitrogen and oxygen atoms in total. The first-order valence-corrected chi connectivity index (χ1v) is 10.5. The molecule has 31 heavy (non-hydrogen) atoms. The van der Waals surface area contributed by atoms with E-state index < -0.39 is 0 Å². The third-order valence-corrected chi connectivity index (χ3v) is 6.13. The first-order chi connectivity index (χ1) is 15.2. The first kappa shape index (κ1) is 18.3. The van der Waals surface area contributed by atoms with Gasteiger partial charge in [-0.2, -0.15) is 0 Å². The van der Waals surface area contributed by atoms with Gasteiger partial charge in [-0.1, -0.05) is 0 Å². The number of rotatable bonds is 4. The topological polar surface area (TPSA) is 89.2 Å². The standard InChI is InChI=1S/C22H22FN7O/c23-15-2-1-8-30-18(15)10-17(28-30)21-20-16(25-12-26-20)7-9-29(21)19-6-3-13(11-24-19)22(31)27-14-4-5-14/h1-3,6,8,10-12,14,17,21,28H,4-5,7,9H2,(H,25,26)(H,27,31)/t17?,21-/m1/s1. The molecule has 2 atom stereocenters. The predicted octanol–water partition coefficient (Wildman–Crippen LogP) is 2.25. The summed E-state index contributed by atoms with van der Waals surface area (Å²) in [5, 5.41) is 4.69. The van der Waals surface area contributed by atoms with Crippen LogP contribution in [0.15, 0.2) is 60.6 Å². The largest absolute Gasteiger partial charge is 0.349 e. The van der Waals surface area contributed by atoms with Crippen LogP contribution in [0.4, 0.5) is 10.2 Å². The molecule has 4 aliphatic rings. The summed E-state index contributed by atoms with van der Waals surface area (Å²) in [6.45, 7) is 0.732. The Bertz CT molecular complexity index is 1120. The number of hydrazine groups is 1. The fourth-order valence-corrected chi connectivity index (χ4v) is 4.41. The van der Waals surface area contributed by atoms with Crippen molar-refractivity contribution in [1.29, 1.82) is 0 Å². The molecule has 2 aromatic heterocycles. The van der Waals surface area contributed by atoms with Crippen molar-refractivity contribution in [3.05, 3.63) is 77.6 Å². The van der Waals surface area contributed by atoms with Gasteiger partial charge in [-0.15, -0.1) is 0 Å². The Morgan fingerprint density at radius 3 is 2.94 bits per heavy atom. The van der Waals surface area contributed by atoms with E-state index in [9.17, 15) is 9.18 Å². The Morgan fingerprint density at radius 1 is 1.26 bits per heavy atom. The average Bonchev–Trinajstić information content (AvgIpc) is 3.29. The summed E-state index contributed by atoms with van der Waals surface area (Å²) < 4.78 is 14.3. The van der Waals surface area contributed by atoms with Gasteiger partial charge in [0.2, 0.25) is 0 Å². The number of anilines is 1. The molecule has 0 saturated heterocycles. The van der Waals surface area contributed by atoms with Crippen molar-refractivity contribution in [2.24, 2.45) is 0 Å². The molecule has 3 N–H and O–H groups in total. The first-order valence-electron chi connectivity index (χ1n) is 10.5. The molecular formula is C22H22FN7O. The maximum Gasteiger partial charge on any atom is 0.253 e. The molecule has 1 saturated carbocycles. The molecule has 5 heterocycles. The summed E-state index contributed by atoms with van der Waals surface area (Å²) in [6, 6.07) is 3.63. The maximum atomic E-state index is 14.3. The number of nitrogens with zero attached hydrogens (tertiary/aromatic N) is 4. The zero-order valence-corrected chi connectivity index (χ0v) is 16.8. The minimum Gasteiger partial charge on any atom is -0.349 e. The Kier molecular flexibility index (Phi) is 4.17. The van der Waals surface area contributed by atoms with E-state index in [-0.39, 0.29) is 23.8 Å². The van der Waals surface area contributed by atoms with Crippen molar-refractivity contribution in [2.75, 3.05) is 11.4 Å². The lowest BCUT2D eigenvalue weighted by atomic mass is 9.96. The van der Waals surface area contributed by atoms with Crippen molar-refractivity contribution in [3.8, 4) is 0 Å². The van der Waals surface area contributed by atoms with Crippen LogP contribution in [-0.4, -0.2) is 44.5 Å². The molecule has 0 radical (unpaired) electrons. The van der Waals surface area contributed by atoms with Gasteiger partial charge in [-0.05, 0) is 43.2 Å². The highest BCUT2D eigenvalue weighted by Gasteiger charge is 2.40. The highest BCUT2D eigenvalue weighted by atomic mass is 19.1. The minimum absolute atomic E-state index is 0.0838. The average molecular weight is 419 g/mol. The Balaban J connectivity index is 1.31. The molecule has 0 aromatic carbocycles. The molecule has 1 amide bonds. The van der Waals surface area contributed by atoms with Gasteiger partial charge in [0.25, 0.3) is 5.91 Å². The third-order valence-electron chi connectivity index (χ3n) is 6.13. The molecule has 1 aliphatic carbocycles. The van der Waals surface area contributed by atoms with Gasteiger partial charge < -0.3 is 15.2 Å². The number of pyridine rings is 1. The van der Waals surface area contributed by atoms with Crippen LogP contribution in [0, 0.1) is 0 Å². The number of imidazole rings is 1. The number of hydrogen-bond donors (Lipinski definition) is 3. The zero-order chi connectivity index (χ0) is 20.9. The Hall–Kier alpha value is -3.46. The second-order valence-electron chi connectivity index (χ2n) is 8.24. The molecule has 6 rings (SSSR count). The molecule has 0 spiro atoms. The molecule has 0 bridgehead atoms. The molecule has 158 valence electrons. The number of halogens is 1. The smallest absolute Gasteiger partial charge is 0.253 e. The summed E-state index contributed by atoms with van der Waals surface area (Å²) in [6.07, 6.45) is 13.1. The number of aromatic nitrogens is 3. The van der Waals surface area contributed by atoms with Crippen molar-refractivity contribution >= 4 is 11.7 Å². The van der Waals surface area contributed by atoms with Crippen molar-refractivity contribution < 1.29 is 9.18 Å². The lowest BCUT2D eigenvalue weighted by Crippen LogP contribution is -2.48. The molecule has 9 heteroatoms. The van der Waals surface area contributed by atoms with Crippen molar-refractivity contribution in [3.63, 3.8) is 0 Å². The van der Waals surface area contributed by atoms with Gasteiger partial charge in [0, 0.05) is 37.1 Å². The van der Waals surface area contributed by atoms with Crippen LogP contribution in [0.2, 0.25) is 0 Å². The number of hydrogen-bond acceptors (Lipinski definition) is 6. The van der Waals surface area contributed by atoms with E-state index in [1.807, 2.05) is 18.2 Å². The molecule has 1 unspecified atom stereocenters. The van der Waals surface area contributed by atoms with Gasteiger partial charge in [0.15, 0.2) is 0 Å². The van der Waals surface area contributed by atoms with Crippen LogP contribution in [0.1, 0.15) is 40.6 Å². The van der Waals surface area contributed by atoms with Gasteiger partial charge in [-0.25, -0.2) is 19.8 Å². The van der Waals surface area contributed by atoms with E-state index in [0.29, 0.717) is 17.3 Å². The van der Waals surface area contributed by atoms with Gasteiger partial charge in [0.1, 0.15) is 11.6 Å². The molecule has 1 fully saturated rings. The van der Waals surface area contributed by atoms with Gasteiger partial charge in [0.05, 0.1) is 35.4 Å². The van der Waals surface area contributed by atoms with Crippen LogP contribution in [-0.2, 0) is 6.42 Å². The maximum absolute atomic E-state index is 14.3. The zero-order valence-electron chi connectivity index (χ0n) is 16.8. The van der Waals surface area contributed by atoms with Crippen LogP contribution < -0.4 is 15.6 Å². The van der Waals surface area contributed by atoms with Crippen LogP contribution in [0.3, 0.4) is 0 Å². The Labute approximate surface area is 178 Å². The Morgan fingerprint density at radius 2 is 2.16 bits per heavy atom. The number of nitrogens with one attached hydrogen (secondary N) is 3. The SMILES string of the molecule is O=C(NC1CC1)c1ccc(N2CCc3[nH]cnc3[C@H]2C2C=C3C(F)=CC=CN3N2)nc1. The highest BCUT2D eigenvalue weighted by Crippen LogP contribution is 2.38. The number of carbonyl (C=O) groups excluding carboxylic acids is 1. The number of aromatic amines is 1. The number of allylic oxidation sites excluding steroid dienone is 3. The molecular weight excluding hydrogens is 397 g/mol. The second-order valence-corrected chi connectivity index (χ2v) is 8.24. The van der Waals surface area contributed by atoms with E-state index >= 15 is 0 Å². The summed E-state index contributed by atoms with van der Waals surface area (Å²) in [7, 11) is 0. The number of amides is 1. The van der Waals surface area contributed by atoms with Crippen LogP contribution in [0.5, 0.6) is 0 Å². The minimum atomic E-state index is -0.272. The predicted molar refractivity (Wildman–Crippen MR) is 112 cm³/mol. The monoisotopic (exact) mass is 419 g/mol. The van der Waals surface area contributed by atoms with Crippen molar-refractivity contribution in [1.82, 2.24) is 30.7 Å². The lowest BCUT2D eigenvalue weighted by molar-refractivity contribution is 0.0950. The fraction of sp³-hybridized carbons (Fsp3) is 0.318. The highest BCUT2D eigenvalue weighted by molar-refractivity contribution is 5.94. The van der Waals surface area contributed by atoms with Gasteiger partial charge >= 0.3 is 0 Å². The van der Waals surface area contributed by atoms with E-state index in [0.717, 1.165) is 43.0 Å². The normalized spacial score (nSPS) is 24.4. The summed E-state index contributed by atoms with van der Waals surface area (Å²) >= 11 is 0. The second kappa shape index (κ2) is 7.05. The quantitative estimate of drug-likeness (QED) is 0.705. The molecule has 3 aliphatic heterocycles. The molecule has 2 aromatic rings. The lowest BCUT2D eigenvalue weighted by Gasteiger charge is -2.39. The number of fused-ring (bicyclic) bond motifs is 2. The van der Waals surface area contributed by atoms with Crippen molar-refractivity contribution in [2.45, 2.75) is 37.4 Å². The van der Waals surface area contributed by atoms with E-state index in [1.54, 1.807) is 29.8 Å². The van der Waals surface area contributed by atoms with E-state index in [2.05, 4.69) is 30.6 Å². The van der Waals surface area contributed by atoms with E-state index in [1.165, 1.54) is 6.08 Å². The van der Waals surface area contributed by atoms with E-state index in [4.69, 9.17) is 0 Å². The van der Waals surface area contributed by atoms with Crippen LogP contribution in [0.25, 0.3) is 0 Å². The van der Waals surface area contributed by atoms with Gasteiger partial charge in [-0.3, -0.25) is 9.80 Å². The third kappa shape index (κ3) is 3.21. The summed E-state index contributed by atoms with van der Waals surface area (Å²) in [4.78, 5) is 26.9. The summed E-state index contributed by atoms with van der Waals surface area (Å²) in [5.41, 5.74) is 6.44. The number of carbonyl (C=O) groups is 1. The number of H-pyrrole nitrogens is 1. The van der Waals surface area contributed by atoms with Crippen LogP contribution >= 0.6 is 0 Å². The fourth-order valence-electron chi connectivity index (χ4n) is 4.41. The summed E-state index contributed by atoms with van der Waals surface area (Å²) in [5.74, 6) is 0.406.